The Balaban J connectivity index is 0.00000289. The van der Waals surface area contributed by atoms with Gasteiger partial charge in [0, 0.05) is 30.8 Å². The number of aromatic nitrogens is 2. The molecule has 0 atom stereocenters. The lowest BCUT2D eigenvalue weighted by molar-refractivity contribution is 0.199. The Labute approximate surface area is 193 Å². The van der Waals surface area contributed by atoms with E-state index >= 15 is 0 Å². The number of rotatable bonds is 7. The molecule has 2 N–H and O–H groups in total. The Hall–Kier alpha value is -2.48. The number of halogens is 2. The highest BCUT2D eigenvalue weighted by atomic mass is 35.5. The number of piperidine rings is 1. The molecule has 0 unspecified atom stereocenters. The summed E-state index contributed by atoms with van der Waals surface area (Å²) in [6, 6.07) is 9.11. The van der Waals surface area contributed by atoms with Gasteiger partial charge in [-0.05, 0) is 62.5 Å². The second kappa shape index (κ2) is 10.9. The number of likely N-dealkylation sites (tertiary alicyclic amines) is 1. The van der Waals surface area contributed by atoms with Gasteiger partial charge in [0.15, 0.2) is 0 Å². The third kappa shape index (κ3) is 5.65. The number of hydrogen-bond acceptors (Lipinski definition) is 5. The van der Waals surface area contributed by atoms with Crippen LogP contribution in [-0.4, -0.2) is 47.7 Å². The SMILES string of the molecule is COc1cnc2ccc(=O)[nH]c2c1CCN1CCC(NCc2ccc(C)c(F)c2)CC1.Cl. The summed E-state index contributed by atoms with van der Waals surface area (Å²) in [5, 5.41) is 3.57. The number of pyridine rings is 2. The molecular weight excluding hydrogens is 431 g/mol. The highest BCUT2D eigenvalue weighted by molar-refractivity contribution is 5.85. The van der Waals surface area contributed by atoms with Crippen molar-refractivity contribution >= 4 is 23.4 Å². The molecule has 0 aliphatic carbocycles. The van der Waals surface area contributed by atoms with Crippen LogP contribution in [0, 0.1) is 12.7 Å². The second-order valence-corrected chi connectivity index (χ2v) is 8.22. The third-order valence-electron chi connectivity index (χ3n) is 6.13. The topological polar surface area (TPSA) is 70.2 Å². The van der Waals surface area contributed by atoms with Crippen molar-refractivity contribution in [2.24, 2.45) is 0 Å². The van der Waals surface area contributed by atoms with E-state index in [0.717, 1.165) is 61.1 Å². The summed E-state index contributed by atoms with van der Waals surface area (Å²) in [4.78, 5) is 21.5. The maximum atomic E-state index is 13.7. The van der Waals surface area contributed by atoms with Crippen LogP contribution in [0.2, 0.25) is 0 Å². The smallest absolute Gasteiger partial charge is 0.248 e. The van der Waals surface area contributed by atoms with Gasteiger partial charge in [0.1, 0.15) is 11.6 Å². The van der Waals surface area contributed by atoms with E-state index in [1.165, 1.54) is 6.07 Å². The van der Waals surface area contributed by atoms with Gasteiger partial charge in [0.2, 0.25) is 5.56 Å². The van der Waals surface area contributed by atoms with Crippen LogP contribution in [0.1, 0.15) is 29.5 Å². The molecule has 2 aromatic heterocycles. The minimum absolute atomic E-state index is 0. The predicted octanol–water partition coefficient (Wildman–Crippen LogP) is 3.60. The summed E-state index contributed by atoms with van der Waals surface area (Å²) in [7, 11) is 1.63. The number of methoxy groups -OCH3 is 1. The molecule has 1 saturated heterocycles. The largest absolute Gasteiger partial charge is 0.495 e. The molecule has 32 heavy (non-hydrogen) atoms. The number of nitrogens with one attached hydrogen (secondary N) is 2. The molecule has 172 valence electrons. The van der Waals surface area contributed by atoms with Gasteiger partial charge in [-0.3, -0.25) is 9.78 Å². The average molecular weight is 461 g/mol. The Morgan fingerprint density at radius 3 is 2.75 bits per heavy atom. The first kappa shape index (κ1) is 24.2. The number of hydrogen-bond donors (Lipinski definition) is 2. The zero-order chi connectivity index (χ0) is 21.8. The molecule has 1 aromatic carbocycles. The molecule has 0 spiro atoms. The summed E-state index contributed by atoms with van der Waals surface area (Å²) in [5.41, 5.74) is 4.05. The fraction of sp³-hybridized carbons (Fsp3) is 0.417. The van der Waals surface area contributed by atoms with E-state index in [1.54, 1.807) is 32.4 Å². The number of H-pyrrole nitrogens is 1. The van der Waals surface area contributed by atoms with E-state index in [2.05, 4.69) is 20.2 Å². The Morgan fingerprint density at radius 1 is 1.25 bits per heavy atom. The van der Waals surface area contributed by atoms with E-state index in [0.29, 0.717) is 23.9 Å². The quantitative estimate of drug-likeness (QED) is 0.563. The molecule has 4 rings (SSSR count). The van der Waals surface area contributed by atoms with Crippen molar-refractivity contribution in [3.8, 4) is 5.75 Å². The van der Waals surface area contributed by atoms with Gasteiger partial charge in [-0.25, -0.2) is 4.39 Å². The third-order valence-corrected chi connectivity index (χ3v) is 6.13. The standard InChI is InChI=1S/C24H29FN4O2.ClH/c1-16-3-4-17(13-20(16)25)14-26-18-7-10-29(11-8-18)12-9-19-22(31-2)15-27-21-5-6-23(30)28-24(19)21;/h3-6,13,15,18,26H,7-12,14H2,1-2H3,(H,28,30);1H. The fourth-order valence-electron chi connectivity index (χ4n) is 4.20. The van der Waals surface area contributed by atoms with E-state index in [9.17, 15) is 9.18 Å². The number of benzene rings is 1. The molecule has 6 nitrogen and oxygen atoms in total. The maximum Gasteiger partial charge on any atom is 0.248 e. The van der Waals surface area contributed by atoms with Crippen molar-refractivity contribution in [1.29, 1.82) is 0 Å². The van der Waals surface area contributed by atoms with Crippen molar-refractivity contribution in [3.05, 3.63) is 69.4 Å². The highest BCUT2D eigenvalue weighted by Crippen LogP contribution is 2.25. The molecular formula is C24H30ClFN4O2. The molecule has 0 amide bonds. The molecule has 1 fully saturated rings. The first-order chi connectivity index (χ1) is 15.0. The molecule has 3 aromatic rings. The number of aryl methyl sites for hydroxylation is 1. The van der Waals surface area contributed by atoms with Crippen LogP contribution in [0.25, 0.3) is 11.0 Å². The van der Waals surface area contributed by atoms with Crippen molar-refractivity contribution in [2.45, 2.75) is 38.8 Å². The summed E-state index contributed by atoms with van der Waals surface area (Å²) >= 11 is 0. The van der Waals surface area contributed by atoms with Gasteiger partial charge in [0.05, 0.1) is 24.3 Å². The molecule has 1 aliphatic rings. The number of ether oxygens (including phenoxy) is 1. The highest BCUT2D eigenvalue weighted by Gasteiger charge is 2.20. The van der Waals surface area contributed by atoms with Crippen molar-refractivity contribution < 1.29 is 9.13 Å². The summed E-state index contributed by atoms with van der Waals surface area (Å²) in [6.07, 6.45) is 4.61. The predicted molar refractivity (Wildman–Crippen MR) is 127 cm³/mol. The minimum atomic E-state index is -0.144. The lowest BCUT2D eigenvalue weighted by atomic mass is 10.0. The Kier molecular flexibility index (Phi) is 8.23. The average Bonchev–Trinajstić information content (AvgIpc) is 2.78. The first-order valence-electron chi connectivity index (χ1n) is 10.8. The Bertz CT molecular complexity index is 1110. The van der Waals surface area contributed by atoms with Crippen LogP contribution in [0.3, 0.4) is 0 Å². The van der Waals surface area contributed by atoms with E-state index < -0.39 is 0 Å². The van der Waals surface area contributed by atoms with Crippen molar-refractivity contribution in [3.63, 3.8) is 0 Å². The van der Waals surface area contributed by atoms with Gasteiger partial charge in [-0.1, -0.05) is 12.1 Å². The van der Waals surface area contributed by atoms with Crippen LogP contribution in [0.5, 0.6) is 5.75 Å². The van der Waals surface area contributed by atoms with Gasteiger partial charge in [-0.2, -0.15) is 0 Å². The summed E-state index contributed by atoms with van der Waals surface area (Å²) < 4.78 is 19.2. The van der Waals surface area contributed by atoms with Crippen LogP contribution in [0.15, 0.2) is 41.3 Å². The lowest BCUT2D eigenvalue weighted by Gasteiger charge is -2.32. The first-order valence-corrected chi connectivity index (χ1v) is 10.8. The molecule has 0 saturated carbocycles. The maximum absolute atomic E-state index is 13.7. The van der Waals surface area contributed by atoms with Crippen LogP contribution in [0.4, 0.5) is 4.39 Å². The molecule has 0 bridgehead atoms. The van der Waals surface area contributed by atoms with Crippen LogP contribution in [-0.2, 0) is 13.0 Å². The minimum Gasteiger partial charge on any atom is -0.495 e. The second-order valence-electron chi connectivity index (χ2n) is 8.22. The zero-order valence-corrected chi connectivity index (χ0v) is 19.3. The number of aromatic amines is 1. The number of fused-ring (bicyclic) bond motifs is 1. The summed E-state index contributed by atoms with van der Waals surface area (Å²) in [6.45, 7) is 5.37. The molecule has 3 heterocycles. The molecule has 8 heteroatoms. The van der Waals surface area contributed by atoms with Gasteiger partial charge >= 0.3 is 0 Å². The fourth-order valence-corrected chi connectivity index (χ4v) is 4.20. The zero-order valence-electron chi connectivity index (χ0n) is 18.5. The van der Waals surface area contributed by atoms with Gasteiger partial charge in [-0.15, -0.1) is 12.4 Å². The van der Waals surface area contributed by atoms with E-state index in [4.69, 9.17) is 4.74 Å². The van der Waals surface area contributed by atoms with Crippen LogP contribution < -0.4 is 15.6 Å². The van der Waals surface area contributed by atoms with Crippen molar-refractivity contribution in [1.82, 2.24) is 20.2 Å². The van der Waals surface area contributed by atoms with E-state index in [-0.39, 0.29) is 23.8 Å². The lowest BCUT2D eigenvalue weighted by Crippen LogP contribution is -2.42. The number of nitrogens with zero attached hydrogens (tertiary/aromatic N) is 2. The van der Waals surface area contributed by atoms with Crippen molar-refractivity contribution in [2.75, 3.05) is 26.7 Å². The Morgan fingerprint density at radius 2 is 2.03 bits per heavy atom. The van der Waals surface area contributed by atoms with E-state index in [1.807, 2.05) is 12.1 Å². The summed E-state index contributed by atoms with van der Waals surface area (Å²) in [5.74, 6) is 0.561. The normalized spacial score (nSPS) is 15.0. The van der Waals surface area contributed by atoms with Crippen LogP contribution >= 0.6 is 12.4 Å². The monoisotopic (exact) mass is 460 g/mol. The molecule has 0 radical (unpaired) electrons. The molecule has 1 aliphatic heterocycles. The van der Waals surface area contributed by atoms with Gasteiger partial charge < -0.3 is 19.9 Å². The van der Waals surface area contributed by atoms with Gasteiger partial charge in [0.25, 0.3) is 0 Å².